The molecule has 0 fully saturated rings. The van der Waals surface area contributed by atoms with Crippen LogP contribution < -0.4 is 5.32 Å². The van der Waals surface area contributed by atoms with E-state index in [4.69, 9.17) is 4.55 Å². The Balaban J connectivity index is 0.000000431. The van der Waals surface area contributed by atoms with Crippen LogP contribution in [0.25, 0.3) is 0 Å². The van der Waals surface area contributed by atoms with Crippen LogP contribution in [0.2, 0.25) is 0 Å². The van der Waals surface area contributed by atoms with Gasteiger partial charge in [-0.05, 0) is 17.5 Å². The van der Waals surface area contributed by atoms with Gasteiger partial charge in [-0.3, -0.25) is 4.55 Å². The van der Waals surface area contributed by atoms with Crippen LogP contribution in [-0.2, 0) is 15.5 Å². The Kier molecular flexibility index (Phi) is 6.75. The highest BCUT2D eigenvalue weighted by atomic mass is 32.2. The molecule has 2 aromatic rings. The highest BCUT2D eigenvalue weighted by Gasteiger charge is 2.37. The standard InChI is InChI=1S/C20H23N.CH4O3S/c1-16(2)21-19-13-14-20(15-19,17-9-5-3-6-10-17)18-11-7-4-8-12-18;1-5(2,3)4/h3-14,16,19,21H,15H2,1-2H3;1H3,(H,2,3,4). The van der Waals surface area contributed by atoms with Crippen molar-refractivity contribution in [3.05, 3.63) is 83.9 Å². The predicted molar refractivity (Wildman–Crippen MR) is 107 cm³/mol. The molecule has 0 amide bonds. The molecule has 1 aliphatic rings. The second-order valence-corrected chi connectivity index (χ2v) is 8.39. The van der Waals surface area contributed by atoms with Crippen LogP contribution in [0.4, 0.5) is 0 Å². The van der Waals surface area contributed by atoms with E-state index in [1.807, 2.05) is 0 Å². The number of rotatable bonds is 4. The summed E-state index contributed by atoms with van der Waals surface area (Å²) in [5.41, 5.74) is 2.75. The van der Waals surface area contributed by atoms with Gasteiger partial charge >= 0.3 is 0 Å². The molecule has 1 aliphatic carbocycles. The molecule has 140 valence electrons. The third-order valence-corrected chi connectivity index (χ3v) is 4.28. The van der Waals surface area contributed by atoms with Gasteiger partial charge in [0.2, 0.25) is 0 Å². The van der Waals surface area contributed by atoms with Crippen molar-refractivity contribution in [1.29, 1.82) is 0 Å². The van der Waals surface area contributed by atoms with Gasteiger partial charge in [0.1, 0.15) is 0 Å². The third-order valence-electron chi connectivity index (χ3n) is 4.28. The molecule has 0 aromatic heterocycles. The van der Waals surface area contributed by atoms with Gasteiger partial charge in [-0.25, -0.2) is 0 Å². The predicted octanol–water partition coefficient (Wildman–Crippen LogP) is 3.80. The van der Waals surface area contributed by atoms with Gasteiger partial charge in [0.15, 0.2) is 0 Å². The quantitative estimate of drug-likeness (QED) is 0.632. The summed E-state index contributed by atoms with van der Waals surface area (Å²) in [6.45, 7) is 4.41. The van der Waals surface area contributed by atoms with Gasteiger partial charge in [-0.1, -0.05) is 86.7 Å². The Morgan fingerprint density at radius 2 is 1.42 bits per heavy atom. The van der Waals surface area contributed by atoms with Gasteiger partial charge in [0.05, 0.1) is 6.26 Å². The van der Waals surface area contributed by atoms with Crippen molar-refractivity contribution in [2.24, 2.45) is 0 Å². The maximum absolute atomic E-state index is 9.19. The Bertz CT molecular complexity index is 767. The summed E-state index contributed by atoms with van der Waals surface area (Å²) in [6.07, 6.45) is 6.52. The van der Waals surface area contributed by atoms with Crippen molar-refractivity contribution in [2.75, 3.05) is 6.26 Å². The van der Waals surface area contributed by atoms with E-state index in [0.29, 0.717) is 18.3 Å². The van der Waals surface area contributed by atoms with Crippen molar-refractivity contribution in [3.63, 3.8) is 0 Å². The maximum atomic E-state index is 9.19. The SMILES string of the molecule is CC(C)NC1C=CC(c2ccccc2)(c2ccccc2)C1.CS(=O)(=O)O. The average Bonchev–Trinajstić information content (AvgIpc) is 2.99. The third kappa shape index (κ3) is 5.80. The van der Waals surface area contributed by atoms with E-state index in [1.54, 1.807) is 0 Å². The lowest BCUT2D eigenvalue weighted by atomic mass is 9.74. The normalized spacial score (nSPS) is 18.4. The molecular formula is C21H27NO3S. The van der Waals surface area contributed by atoms with Gasteiger partial charge in [0, 0.05) is 17.5 Å². The first-order valence-electron chi connectivity index (χ1n) is 8.69. The van der Waals surface area contributed by atoms with E-state index in [0.717, 1.165) is 6.42 Å². The van der Waals surface area contributed by atoms with Crippen LogP contribution in [-0.4, -0.2) is 31.3 Å². The van der Waals surface area contributed by atoms with Crippen LogP contribution in [0.1, 0.15) is 31.4 Å². The highest BCUT2D eigenvalue weighted by Crippen LogP contribution is 2.42. The average molecular weight is 374 g/mol. The van der Waals surface area contributed by atoms with Gasteiger partial charge in [-0.2, -0.15) is 8.42 Å². The molecule has 0 heterocycles. The van der Waals surface area contributed by atoms with Crippen LogP contribution in [0.3, 0.4) is 0 Å². The molecule has 5 heteroatoms. The summed E-state index contributed by atoms with van der Waals surface area (Å²) in [5, 5.41) is 3.65. The number of benzene rings is 2. The van der Waals surface area contributed by atoms with E-state index >= 15 is 0 Å². The highest BCUT2D eigenvalue weighted by molar-refractivity contribution is 7.85. The molecule has 26 heavy (non-hydrogen) atoms. The molecule has 2 N–H and O–H groups in total. The molecule has 4 nitrogen and oxygen atoms in total. The minimum Gasteiger partial charge on any atom is -0.308 e. The second kappa shape index (κ2) is 8.62. The lowest BCUT2D eigenvalue weighted by molar-refractivity contribution is 0.467. The van der Waals surface area contributed by atoms with E-state index in [9.17, 15) is 8.42 Å². The smallest absolute Gasteiger partial charge is 0.261 e. The Morgan fingerprint density at radius 3 is 1.81 bits per heavy atom. The Hall–Kier alpha value is -1.95. The molecule has 0 radical (unpaired) electrons. The summed E-state index contributed by atoms with van der Waals surface area (Å²) >= 11 is 0. The summed E-state index contributed by atoms with van der Waals surface area (Å²) in [5.74, 6) is 0. The summed E-state index contributed by atoms with van der Waals surface area (Å²) in [7, 11) is -3.67. The fourth-order valence-corrected chi connectivity index (χ4v) is 3.37. The molecule has 0 spiro atoms. The Morgan fingerprint density at radius 1 is 1.00 bits per heavy atom. The molecular weight excluding hydrogens is 346 g/mol. The number of hydrogen-bond donors (Lipinski definition) is 2. The monoisotopic (exact) mass is 373 g/mol. The molecule has 1 unspecified atom stereocenters. The van der Waals surface area contributed by atoms with Crippen molar-refractivity contribution in [2.45, 2.75) is 37.8 Å². The molecule has 3 rings (SSSR count). The van der Waals surface area contributed by atoms with Crippen molar-refractivity contribution >= 4 is 10.1 Å². The first kappa shape index (κ1) is 20.4. The molecule has 0 bridgehead atoms. The largest absolute Gasteiger partial charge is 0.308 e. The lowest BCUT2D eigenvalue weighted by Crippen LogP contribution is -2.35. The number of allylic oxidation sites excluding steroid dienone is 1. The maximum Gasteiger partial charge on any atom is 0.261 e. The zero-order valence-electron chi connectivity index (χ0n) is 15.5. The van der Waals surface area contributed by atoms with Gasteiger partial charge in [0.25, 0.3) is 10.1 Å². The summed E-state index contributed by atoms with van der Waals surface area (Å²) < 4.78 is 25.9. The summed E-state index contributed by atoms with van der Waals surface area (Å²) in [6, 6.07) is 22.6. The molecule has 1 atom stereocenters. The fourth-order valence-electron chi connectivity index (χ4n) is 3.37. The van der Waals surface area contributed by atoms with E-state index in [1.165, 1.54) is 11.1 Å². The minimum absolute atomic E-state index is 0.00488. The van der Waals surface area contributed by atoms with Crippen molar-refractivity contribution < 1.29 is 13.0 Å². The second-order valence-electron chi connectivity index (χ2n) is 6.93. The van der Waals surface area contributed by atoms with Gasteiger partial charge < -0.3 is 5.32 Å². The molecule has 0 aliphatic heterocycles. The van der Waals surface area contributed by atoms with Crippen molar-refractivity contribution in [3.8, 4) is 0 Å². The first-order chi connectivity index (χ1) is 12.2. The molecule has 0 saturated heterocycles. The van der Waals surface area contributed by atoms with Gasteiger partial charge in [-0.15, -0.1) is 0 Å². The molecule has 2 aromatic carbocycles. The van der Waals surface area contributed by atoms with E-state index in [-0.39, 0.29) is 5.41 Å². The number of hydrogen-bond acceptors (Lipinski definition) is 3. The van der Waals surface area contributed by atoms with E-state index in [2.05, 4.69) is 92.0 Å². The number of nitrogens with one attached hydrogen (secondary N) is 1. The first-order valence-corrected chi connectivity index (χ1v) is 10.5. The minimum atomic E-state index is -3.67. The zero-order chi connectivity index (χ0) is 19.2. The zero-order valence-corrected chi connectivity index (χ0v) is 16.3. The fraction of sp³-hybridized carbons (Fsp3) is 0.333. The van der Waals surface area contributed by atoms with Crippen LogP contribution >= 0.6 is 0 Å². The topological polar surface area (TPSA) is 66.4 Å². The summed E-state index contributed by atoms with van der Waals surface area (Å²) in [4.78, 5) is 0. The Labute approximate surface area is 156 Å². The van der Waals surface area contributed by atoms with E-state index < -0.39 is 10.1 Å². The van der Waals surface area contributed by atoms with Crippen LogP contribution in [0, 0.1) is 0 Å². The molecule has 0 saturated carbocycles. The van der Waals surface area contributed by atoms with Crippen molar-refractivity contribution in [1.82, 2.24) is 5.32 Å². The van der Waals surface area contributed by atoms with Crippen LogP contribution in [0.15, 0.2) is 72.8 Å². The lowest BCUT2D eigenvalue weighted by Gasteiger charge is -2.31. The van der Waals surface area contributed by atoms with Crippen LogP contribution in [0.5, 0.6) is 0 Å².